The lowest BCUT2D eigenvalue weighted by atomic mass is 10.1. The standard InChI is InChI=1S/C9H11NS/c1-2-4-8(7-10)9-5-3-6-11-9/h1,3,5-6,8H,4,7,10H2. The minimum Gasteiger partial charge on any atom is -0.330 e. The van der Waals surface area contributed by atoms with E-state index in [0.29, 0.717) is 12.5 Å². The fourth-order valence-electron chi connectivity index (χ4n) is 0.966. The first-order valence-corrected chi connectivity index (χ1v) is 4.43. The molecule has 1 unspecified atom stereocenters. The summed E-state index contributed by atoms with van der Waals surface area (Å²) in [6.45, 7) is 0.644. The number of nitrogens with two attached hydrogens (primary N) is 1. The molecule has 0 aromatic carbocycles. The first-order chi connectivity index (χ1) is 5.38. The summed E-state index contributed by atoms with van der Waals surface area (Å²) in [5.74, 6) is 2.99. The van der Waals surface area contributed by atoms with Gasteiger partial charge in [0.15, 0.2) is 0 Å². The minimum absolute atomic E-state index is 0.361. The maximum atomic E-state index is 5.56. The first kappa shape index (κ1) is 8.32. The van der Waals surface area contributed by atoms with Crippen LogP contribution in [0.1, 0.15) is 17.2 Å². The SMILES string of the molecule is C#CCC(CN)c1cccs1. The minimum atomic E-state index is 0.361. The zero-order valence-electron chi connectivity index (χ0n) is 6.29. The number of hydrogen-bond donors (Lipinski definition) is 1. The molecular weight excluding hydrogens is 154 g/mol. The zero-order valence-corrected chi connectivity index (χ0v) is 7.10. The summed E-state index contributed by atoms with van der Waals surface area (Å²) in [5.41, 5.74) is 5.56. The Hall–Kier alpha value is -0.780. The van der Waals surface area contributed by atoms with Crippen LogP contribution in [0, 0.1) is 12.3 Å². The largest absolute Gasteiger partial charge is 0.330 e. The molecule has 11 heavy (non-hydrogen) atoms. The molecule has 1 heterocycles. The van der Waals surface area contributed by atoms with Crippen molar-refractivity contribution in [1.82, 2.24) is 0 Å². The molecule has 0 saturated heterocycles. The monoisotopic (exact) mass is 165 g/mol. The number of hydrogen-bond acceptors (Lipinski definition) is 2. The first-order valence-electron chi connectivity index (χ1n) is 3.55. The summed E-state index contributed by atoms with van der Waals surface area (Å²) in [4.78, 5) is 1.30. The number of thiophene rings is 1. The van der Waals surface area contributed by atoms with Crippen LogP contribution < -0.4 is 5.73 Å². The third-order valence-electron chi connectivity index (χ3n) is 1.59. The van der Waals surface area contributed by atoms with Crippen LogP contribution in [-0.4, -0.2) is 6.54 Å². The molecule has 2 heteroatoms. The van der Waals surface area contributed by atoms with Gasteiger partial charge in [-0.1, -0.05) is 6.07 Å². The summed E-state index contributed by atoms with van der Waals surface area (Å²) < 4.78 is 0. The fourth-order valence-corrected chi connectivity index (χ4v) is 1.81. The van der Waals surface area contributed by atoms with E-state index in [9.17, 15) is 0 Å². The highest BCUT2D eigenvalue weighted by Crippen LogP contribution is 2.22. The van der Waals surface area contributed by atoms with Gasteiger partial charge in [-0.2, -0.15) is 0 Å². The molecular formula is C9H11NS. The van der Waals surface area contributed by atoms with Gasteiger partial charge in [-0.25, -0.2) is 0 Å². The topological polar surface area (TPSA) is 26.0 Å². The second kappa shape index (κ2) is 4.17. The maximum absolute atomic E-state index is 5.56. The van der Waals surface area contributed by atoms with Gasteiger partial charge in [-0.15, -0.1) is 23.7 Å². The molecule has 2 N–H and O–H groups in total. The van der Waals surface area contributed by atoms with Crippen molar-refractivity contribution in [3.05, 3.63) is 22.4 Å². The molecule has 0 radical (unpaired) electrons. The molecule has 0 bridgehead atoms. The Bertz CT molecular complexity index is 233. The van der Waals surface area contributed by atoms with Gasteiger partial charge in [0.25, 0.3) is 0 Å². The third-order valence-corrected chi connectivity index (χ3v) is 2.63. The second-order valence-corrected chi connectivity index (χ2v) is 3.34. The van der Waals surface area contributed by atoms with Gasteiger partial charge in [0, 0.05) is 23.8 Å². The molecule has 0 aliphatic rings. The molecule has 0 aliphatic heterocycles. The molecule has 1 atom stereocenters. The van der Waals surface area contributed by atoms with Gasteiger partial charge in [-0.3, -0.25) is 0 Å². The summed E-state index contributed by atoms with van der Waals surface area (Å²) in [6.07, 6.45) is 5.96. The van der Waals surface area contributed by atoms with Crippen molar-refractivity contribution in [3.63, 3.8) is 0 Å². The third kappa shape index (κ3) is 2.07. The van der Waals surface area contributed by atoms with Crippen LogP contribution in [0.25, 0.3) is 0 Å². The van der Waals surface area contributed by atoms with Crippen LogP contribution in [-0.2, 0) is 0 Å². The van der Waals surface area contributed by atoms with Crippen molar-refractivity contribution in [3.8, 4) is 12.3 Å². The van der Waals surface area contributed by atoms with Crippen molar-refractivity contribution in [1.29, 1.82) is 0 Å². The van der Waals surface area contributed by atoms with Crippen LogP contribution in [0.2, 0.25) is 0 Å². The normalized spacial score (nSPS) is 12.4. The molecule has 0 spiro atoms. The molecule has 58 valence electrons. The second-order valence-electron chi connectivity index (χ2n) is 2.36. The van der Waals surface area contributed by atoms with Crippen molar-refractivity contribution >= 4 is 11.3 Å². The molecule has 0 saturated carbocycles. The number of rotatable bonds is 3. The van der Waals surface area contributed by atoms with E-state index in [1.807, 2.05) is 6.07 Å². The predicted molar refractivity (Wildman–Crippen MR) is 49.6 cm³/mol. The lowest BCUT2D eigenvalue weighted by Crippen LogP contribution is -2.10. The summed E-state index contributed by atoms with van der Waals surface area (Å²) in [7, 11) is 0. The van der Waals surface area contributed by atoms with Gasteiger partial charge >= 0.3 is 0 Å². The van der Waals surface area contributed by atoms with Gasteiger partial charge in [0.1, 0.15) is 0 Å². The van der Waals surface area contributed by atoms with E-state index in [2.05, 4.69) is 17.4 Å². The number of terminal acetylenes is 1. The van der Waals surface area contributed by atoms with E-state index < -0.39 is 0 Å². The average molecular weight is 165 g/mol. The van der Waals surface area contributed by atoms with Crippen molar-refractivity contribution in [2.75, 3.05) is 6.54 Å². The molecule has 1 rings (SSSR count). The lowest BCUT2D eigenvalue weighted by molar-refractivity contribution is 0.735. The van der Waals surface area contributed by atoms with E-state index in [1.54, 1.807) is 11.3 Å². The smallest absolute Gasteiger partial charge is 0.0175 e. The van der Waals surface area contributed by atoms with Crippen LogP contribution >= 0.6 is 11.3 Å². The van der Waals surface area contributed by atoms with Gasteiger partial charge < -0.3 is 5.73 Å². The lowest BCUT2D eigenvalue weighted by Gasteiger charge is -2.07. The Balaban J connectivity index is 2.65. The Morgan fingerprint density at radius 1 is 1.73 bits per heavy atom. The maximum Gasteiger partial charge on any atom is 0.0175 e. The average Bonchev–Trinajstić information content (AvgIpc) is 2.52. The fraction of sp³-hybridized carbons (Fsp3) is 0.333. The quantitative estimate of drug-likeness (QED) is 0.679. The molecule has 0 amide bonds. The molecule has 1 aromatic heterocycles. The highest BCUT2D eigenvalue weighted by atomic mass is 32.1. The van der Waals surface area contributed by atoms with E-state index in [1.165, 1.54) is 4.88 Å². The van der Waals surface area contributed by atoms with E-state index in [4.69, 9.17) is 12.2 Å². The van der Waals surface area contributed by atoms with Crippen molar-refractivity contribution in [2.24, 2.45) is 5.73 Å². The highest BCUT2D eigenvalue weighted by molar-refractivity contribution is 7.10. The van der Waals surface area contributed by atoms with E-state index >= 15 is 0 Å². The summed E-state index contributed by atoms with van der Waals surface area (Å²) in [5, 5.41) is 2.05. The Morgan fingerprint density at radius 3 is 3.00 bits per heavy atom. The van der Waals surface area contributed by atoms with Crippen molar-refractivity contribution < 1.29 is 0 Å². The van der Waals surface area contributed by atoms with Gasteiger partial charge in [0.2, 0.25) is 0 Å². The van der Waals surface area contributed by atoms with Gasteiger partial charge in [-0.05, 0) is 11.4 Å². The van der Waals surface area contributed by atoms with Crippen LogP contribution in [0.3, 0.4) is 0 Å². The molecule has 0 fully saturated rings. The van der Waals surface area contributed by atoms with Crippen LogP contribution in [0.4, 0.5) is 0 Å². The van der Waals surface area contributed by atoms with E-state index in [0.717, 1.165) is 6.42 Å². The Morgan fingerprint density at radius 2 is 2.55 bits per heavy atom. The Labute approximate surface area is 71.2 Å². The highest BCUT2D eigenvalue weighted by Gasteiger charge is 2.07. The van der Waals surface area contributed by atoms with Crippen LogP contribution in [0.5, 0.6) is 0 Å². The van der Waals surface area contributed by atoms with E-state index in [-0.39, 0.29) is 0 Å². The predicted octanol–water partition coefficient (Wildman–Crippen LogP) is 1.81. The van der Waals surface area contributed by atoms with Crippen LogP contribution in [0.15, 0.2) is 17.5 Å². The summed E-state index contributed by atoms with van der Waals surface area (Å²) in [6, 6.07) is 4.11. The Kier molecular flexibility index (Phi) is 3.15. The van der Waals surface area contributed by atoms with Crippen molar-refractivity contribution in [2.45, 2.75) is 12.3 Å². The molecule has 1 aromatic rings. The van der Waals surface area contributed by atoms with Gasteiger partial charge in [0.05, 0.1) is 0 Å². The zero-order chi connectivity index (χ0) is 8.10. The molecule has 0 aliphatic carbocycles. The molecule has 1 nitrogen and oxygen atoms in total. The summed E-state index contributed by atoms with van der Waals surface area (Å²) >= 11 is 1.72.